The molecular weight excluding hydrogens is 418 g/mol. The number of quaternary nitrogens is 2. The van der Waals surface area contributed by atoms with E-state index in [9.17, 15) is 9.59 Å². The van der Waals surface area contributed by atoms with Crippen LogP contribution in [0.1, 0.15) is 39.2 Å². The second-order valence-corrected chi connectivity index (χ2v) is 10.8. The van der Waals surface area contributed by atoms with Crippen LogP contribution >= 0.6 is 0 Å². The summed E-state index contributed by atoms with van der Waals surface area (Å²) in [5, 5.41) is 0. The Morgan fingerprint density at radius 1 is 1.03 bits per heavy atom. The molecule has 2 amide bonds. The topological polar surface area (TPSA) is 64.7 Å². The molecule has 3 fully saturated rings. The van der Waals surface area contributed by atoms with Crippen molar-refractivity contribution in [2.75, 3.05) is 46.1 Å². The van der Waals surface area contributed by atoms with Crippen LogP contribution in [-0.4, -0.2) is 62.8 Å². The van der Waals surface area contributed by atoms with E-state index in [4.69, 9.17) is 9.47 Å². The highest BCUT2D eigenvalue weighted by atomic mass is 16.7. The number of piperazine rings is 1. The van der Waals surface area contributed by atoms with Crippen molar-refractivity contribution in [3.05, 3.63) is 23.8 Å². The quantitative estimate of drug-likeness (QED) is 0.477. The molecule has 33 heavy (non-hydrogen) atoms. The molecule has 2 bridgehead atoms. The smallest absolute Gasteiger partial charge is 0.236 e. The summed E-state index contributed by atoms with van der Waals surface area (Å²) in [7, 11) is 0. The summed E-state index contributed by atoms with van der Waals surface area (Å²) < 4.78 is 10.9. The van der Waals surface area contributed by atoms with Gasteiger partial charge in [-0.3, -0.25) is 14.5 Å². The highest BCUT2D eigenvalue weighted by Crippen LogP contribution is 2.59. The molecule has 176 valence electrons. The van der Waals surface area contributed by atoms with Gasteiger partial charge in [0, 0.05) is 11.5 Å². The first-order valence-corrected chi connectivity index (χ1v) is 12.2. The number of nitrogens with one attached hydrogen (secondary N) is 2. The number of amides is 2. The van der Waals surface area contributed by atoms with Gasteiger partial charge < -0.3 is 19.3 Å². The molecule has 3 heterocycles. The number of fused-ring (bicyclic) bond motifs is 3. The zero-order chi connectivity index (χ0) is 23.2. The number of ether oxygens (including phenoxy) is 2. The number of hydrogen-bond acceptors (Lipinski definition) is 4. The van der Waals surface area contributed by atoms with Gasteiger partial charge in [-0.05, 0) is 42.4 Å². The van der Waals surface area contributed by atoms with Crippen LogP contribution in [-0.2, 0) is 16.1 Å². The first-order chi connectivity index (χ1) is 15.8. The molecule has 5 rings (SSSR count). The lowest BCUT2D eigenvalue weighted by Crippen LogP contribution is -3.27. The number of benzene rings is 1. The molecule has 3 aliphatic heterocycles. The standard InChI is InChI=1S/C26H33N3O4/c1-25(2)20-8-9-26(25,3)24(31)29(23(20)30)11-5-4-10-27-12-14-28(15-13-27)17-19-6-7-21-22(16-19)33-18-32-21/h6-7,16,20H,8-15,17-18H2,1-3H3/p+2/t20-,26+/m0/s1. The fourth-order valence-electron chi connectivity index (χ4n) is 6.02. The molecule has 1 saturated carbocycles. The molecule has 7 nitrogen and oxygen atoms in total. The Balaban J connectivity index is 1.10. The maximum absolute atomic E-state index is 13.1. The minimum atomic E-state index is -0.449. The molecule has 1 aliphatic carbocycles. The molecule has 0 unspecified atom stereocenters. The van der Waals surface area contributed by atoms with Gasteiger partial charge in [-0.15, -0.1) is 0 Å². The Kier molecular flexibility index (Phi) is 5.62. The fraction of sp³-hybridized carbons (Fsp3) is 0.615. The minimum absolute atomic E-state index is 0.0256. The number of carbonyl (C=O) groups excluding carboxylic acids is 2. The van der Waals surface area contributed by atoms with E-state index in [1.54, 1.807) is 4.90 Å². The fourth-order valence-corrected chi connectivity index (χ4v) is 6.02. The van der Waals surface area contributed by atoms with Crippen molar-refractivity contribution >= 4 is 11.8 Å². The van der Waals surface area contributed by atoms with Crippen LogP contribution in [0.15, 0.2) is 18.2 Å². The number of carbonyl (C=O) groups is 2. The Labute approximate surface area is 196 Å². The maximum atomic E-state index is 13.1. The van der Waals surface area contributed by atoms with Crippen molar-refractivity contribution in [2.24, 2.45) is 16.7 Å². The predicted molar refractivity (Wildman–Crippen MR) is 122 cm³/mol. The van der Waals surface area contributed by atoms with Gasteiger partial charge in [0.05, 0.1) is 12.0 Å². The number of rotatable bonds is 4. The second kappa shape index (κ2) is 8.34. The normalized spacial score (nSPS) is 32.0. The molecule has 0 spiro atoms. The molecule has 1 aromatic carbocycles. The maximum Gasteiger partial charge on any atom is 0.236 e. The van der Waals surface area contributed by atoms with Crippen molar-refractivity contribution in [3.8, 4) is 23.3 Å². The average molecular weight is 454 g/mol. The lowest BCUT2D eigenvalue weighted by molar-refractivity contribution is -1.02. The van der Waals surface area contributed by atoms with Crippen LogP contribution in [0, 0.1) is 28.6 Å². The lowest BCUT2D eigenvalue weighted by atomic mass is 9.62. The molecule has 0 radical (unpaired) electrons. The van der Waals surface area contributed by atoms with Crippen LogP contribution in [0.5, 0.6) is 11.5 Å². The summed E-state index contributed by atoms with van der Waals surface area (Å²) in [5.74, 6) is 7.94. The zero-order valence-electron chi connectivity index (χ0n) is 20.0. The largest absolute Gasteiger partial charge is 0.454 e. The molecular formula is C26H35N3O4+2. The van der Waals surface area contributed by atoms with Crippen molar-refractivity contribution in [2.45, 2.75) is 40.2 Å². The highest BCUT2D eigenvalue weighted by Gasteiger charge is 2.64. The van der Waals surface area contributed by atoms with Gasteiger partial charge >= 0.3 is 0 Å². The molecule has 4 aliphatic rings. The zero-order valence-corrected chi connectivity index (χ0v) is 20.0. The summed E-state index contributed by atoms with van der Waals surface area (Å²) in [6, 6.07) is 6.22. The third-order valence-corrected chi connectivity index (χ3v) is 8.76. The van der Waals surface area contributed by atoms with Crippen molar-refractivity contribution in [3.63, 3.8) is 0 Å². The monoisotopic (exact) mass is 453 g/mol. The molecule has 1 aromatic rings. The van der Waals surface area contributed by atoms with E-state index >= 15 is 0 Å². The average Bonchev–Trinajstić information content (AvgIpc) is 3.33. The third kappa shape index (κ3) is 3.79. The van der Waals surface area contributed by atoms with Gasteiger partial charge in [0.25, 0.3) is 0 Å². The van der Waals surface area contributed by atoms with E-state index in [1.165, 1.54) is 15.4 Å². The summed E-state index contributed by atoms with van der Waals surface area (Å²) in [5.41, 5.74) is 0.562. The predicted octanol–water partition coefficient (Wildman–Crippen LogP) is -0.487. The molecule has 2 N–H and O–H groups in total. The Bertz CT molecular complexity index is 1020. The SMILES string of the molecule is CC1(C)[C@H]2CC[C@]1(C)C(=O)N(CC#CC[NH+]1CC[NH+](Cc3ccc4c(c3)OCO4)CC1)C2=O. The summed E-state index contributed by atoms with van der Waals surface area (Å²) in [6.07, 6.45) is 1.60. The van der Waals surface area contributed by atoms with Crippen LogP contribution in [0.25, 0.3) is 0 Å². The Hall–Kier alpha value is -2.56. The van der Waals surface area contributed by atoms with E-state index in [1.807, 2.05) is 13.0 Å². The van der Waals surface area contributed by atoms with Gasteiger partial charge in [-0.2, -0.15) is 0 Å². The van der Waals surface area contributed by atoms with Gasteiger partial charge in [-0.25, -0.2) is 0 Å². The van der Waals surface area contributed by atoms with E-state index < -0.39 is 5.41 Å². The van der Waals surface area contributed by atoms with Crippen molar-refractivity contribution in [1.29, 1.82) is 0 Å². The van der Waals surface area contributed by atoms with E-state index in [0.717, 1.165) is 63.6 Å². The van der Waals surface area contributed by atoms with Crippen LogP contribution in [0.4, 0.5) is 0 Å². The van der Waals surface area contributed by atoms with Gasteiger partial charge in [-0.1, -0.05) is 26.7 Å². The lowest BCUT2D eigenvalue weighted by Gasteiger charge is -2.47. The molecule has 0 aromatic heterocycles. The van der Waals surface area contributed by atoms with E-state index in [-0.39, 0.29) is 29.7 Å². The van der Waals surface area contributed by atoms with Gasteiger partial charge in [0.2, 0.25) is 18.6 Å². The molecule has 2 atom stereocenters. The van der Waals surface area contributed by atoms with Crippen LogP contribution < -0.4 is 19.3 Å². The minimum Gasteiger partial charge on any atom is -0.454 e. The number of hydrogen-bond donors (Lipinski definition) is 2. The summed E-state index contributed by atoms with van der Waals surface area (Å²) in [6.45, 7) is 12.8. The first kappa shape index (κ1) is 22.2. The van der Waals surface area contributed by atoms with E-state index in [0.29, 0.717) is 6.79 Å². The third-order valence-electron chi connectivity index (χ3n) is 8.76. The molecule has 7 heteroatoms. The van der Waals surface area contributed by atoms with Crippen LogP contribution in [0.3, 0.4) is 0 Å². The van der Waals surface area contributed by atoms with Gasteiger partial charge in [0.1, 0.15) is 39.3 Å². The van der Waals surface area contributed by atoms with E-state index in [2.05, 4.69) is 37.8 Å². The Morgan fingerprint density at radius 3 is 2.55 bits per heavy atom. The van der Waals surface area contributed by atoms with Gasteiger partial charge in [0.15, 0.2) is 11.5 Å². The number of piperidine rings is 1. The van der Waals surface area contributed by atoms with Crippen molar-refractivity contribution < 1.29 is 28.9 Å². The first-order valence-electron chi connectivity index (χ1n) is 12.2. The van der Waals surface area contributed by atoms with Crippen molar-refractivity contribution in [1.82, 2.24) is 4.90 Å². The number of imide groups is 1. The summed E-state index contributed by atoms with van der Waals surface area (Å²) in [4.78, 5) is 30.5. The number of nitrogens with zero attached hydrogens (tertiary/aromatic N) is 1. The highest BCUT2D eigenvalue weighted by molar-refractivity contribution is 6.04. The number of likely N-dealkylation sites (tertiary alicyclic amines) is 1. The van der Waals surface area contributed by atoms with Crippen LogP contribution in [0.2, 0.25) is 0 Å². The molecule has 2 saturated heterocycles. The Morgan fingerprint density at radius 2 is 1.76 bits per heavy atom. The second-order valence-electron chi connectivity index (χ2n) is 10.8. The summed E-state index contributed by atoms with van der Waals surface area (Å²) >= 11 is 0.